The van der Waals surface area contributed by atoms with E-state index in [1.54, 1.807) is 30.1 Å². The van der Waals surface area contributed by atoms with Crippen molar-refractivity contribution in [3.05, 3.63) is 18.5 Å². The third-order valence-electron chi connectivity index (χ3n) is 4.37. The molecule has 0 radical (unpaired) electrons. The lowest BCUT2D eigenvalue weighted by Gasteiger charge is -2.44. The molecule has 1 heterocycles. The lowest BCUT2D eigenvalue weighted by Crippen LogP contribution is -3.00. The molecule has 0 spiro atoms. The number of pyridine rings is 1. The van der Waals surface area contributed by atoms with Crippen molar-refractivity contribution in [3.8, 4) is 5.75 Å². The van der Waals surface area contributed by atoms with Gasteiger partial charge in [-0.2, -0.15) is 4.57 Å². The normalized spacial score (nSPS) is 13.0. The van der Waals surface area contributed by atoms with Crippen LogP contribution in [0, 0.1) is 0 Å². The number of hydrogen-bond donors (Lipinski definition) is 0. The van der Waals surface area contributed by atoms with Crippen molar-refractivity contribution in [1.82, 2.24) is 0 Å². The Hall–Kier alpha value is -0.953. The number of nitrogens with zero attached hydrogens (tertiary/aromatic N) is 1. The van der Waals surface area contributed by atoms with Gasteiger partial charge in [0, 0.05) is 6.07 Å². The maximum Gasteiger partial charge on any atom is 0.373 e. The zero-order chi connectivity index (χ0) is 20.6. The summed E-state index contributed by atoms with van der Waals surface area (Å²) in [5, 5.41) is -0.501. The van der Waals surface area contributed by atoms with Crippen LogP contribution in [0.2, 0.25) is 10.1 Å². The molecule has 0 aliphatic heterocycles. The Balaban J connectivity index is 0.00000676. The predicted molar refractivity (Wildman–Crippen MR) is 105 cm³/mol. The van der Waals surface area contributed by atoms with E-state index < -0.39 is 24.1 Å². The Morgan fingerprint density at radius 2 is 1.56 bits per heavy atom. The molecular weight excluding hydrogens is 429 g/mol. The van der Waals surface area contributed by atoms with Gasteiger partial charge in [0.05, 0.1) is 12.3 Å². The summed E-state index contributed by atoms with van der Waals surface area (Å²) in [6.07, 6.45) is 3.46. The van der Waals surface area contributed by atoms with Crippen molar-refractivity contribution in [2.45, 2.75) is 84.5 Å². The predicted octanol–water partition coefficient (Wildman–Crippen LogP) is 1.05. The zero-order valence-electron chi connectivity index (χ0n) is 18.4. The van der Waals surface area contributed by atoms with E-state index in [4.69, 9.17) is 9.47 Å². The van der Waals surface area contributed by atoms with Gasteiger partial charge in [-0.25, -0.2) is 4.79 Å². The van der Waals surface area contributed by atoms with Crippen LogP contribution in [0.4, 0.5) is 4.11 Å². The van der Waals surface area contributed by atoms with Gasteiger partial charge < -0.3 is 30.6 Å². The maximum absolute atomic E-state index is 16.7. The summed E-state index contributed by atoms with van der Waals surface area (Å²) in [6.45, 7) is 17.2. The summed E-state index contributed by atoms with van der Waals surface area (Å²) in [6, 6.07) is 1.73. The highest BCUT2D eigenvalue weighted by molar-refractivity contribution is 6.91. The number of aromatic nitrogens is 1. The molecule has 0 atom stereocenters. The number of esters is 1. The summed E-state index contributed by atoms with van der Waals surface area (Å²) in [5.41, 5.74) is -0.553. The molecule has 0 saturated heterocycles. The van der Waals surface area contributed by atoms with Crippen LogP contribution in [-0.2, 0) is 16.1 Å². The van der Waals surface area contributed by atoms with Crippen molar-refractivity contribution in [3.63, 3.8) is 0 Å². The number of halogens is 2. The summed E-state index contributed by atoms with van der Waals surface area (Å²) in [4.78, 5) is 12.2. The second-order valence-corrected chi connectivity index (χ2v) is 14.7. The molecule has 0 bridgehead atoms. The molecule has 1 aromatic rings. The number of carbonyl (C=O) groups excluding carboxylic acids is 1. The zero-order valence-corrected chi connectivity index (χ0v) is 21.0. The Bertz CT molecular complexity index is 647. The van der Waals surface area contributed by atoms with E-state index in [9.17, 15) is 4.79 Å². The summed E-state index contributed by atoms with van der Waals surface area (Å²) in [7, 11) is -1.97. The number of methoxy groups -OCH3 is 1. The Morgan fingerprint density at radius 1 is 1.07 bits per heavy atom. The lowest BCUT2D eigenvalue weighted by molar-refractivity contribution is -0.685. The topological polar surface area (TPSA) is 39.4 Å². The standard InChI is InChI=1S/C20H35FNO3Si.BrH/c1-18(2,3)25-17(23)14-22-12-11-15(24-10)16(13-22)26(21,19(4,5)6)20(7,8)9;/h11-13H,14H2,1-10H3;1H/q+1;/p-1. The summed E-state index contributed by atoms with van der Waals surface area (Å²) >= 11 is 0. The summed E-state index contributed by atoms with van der Waals surface area (Å²) < 4.78 is 29.3. The van der Waals surface area contributed by atoms with Crippen molar-refractivity contribution in [2.24, 2.45) is 0 Å². The first-order valence-electron chi connectivity index (χ1n) is 9.01. The molecule has 27 heavy (non-hydrogen) atoms. The van der Waals surface area contributed by atoms with Crippen molar-refractivity contribution < 1.29 is 39.9 Å². The molecular formula is C20H35BrFNO3Si. The van der Waals surface area contributed by atoms with E-state index in [2.05, 4.69) is 0 Å². The van der Waals surface area contributed by atoms with Crippen LogP contribution >= 0.6 is 0 Å². The van der Waals surface area contributed by atoms with Crippen LogP contribution in [-0.4, -0.2) is 27.1 Å². The lowest BCUT2D eigenvalue weighted by atomic mass is 10.2. The highest BCUT2D eigenvalue weighted by atomic mass is 79.9. The minimum Gasteiger partial charge on any atom is -1.00 e. The Morgan fingerprint density at radius 3 is 1.93 bits per heavy atom. The average molecular weight is 464 g/mol. The molecule has 7 heteroatoms. The number of carbonyl (C=O) groups is 1. The SMILES string of the molecule is COc1cc[n+](CC(=O)OC(C)(C)C)cc1[Si](F)(C(C)(C)C)C(C)(C)C.[Br-]. The number of ether oxygens (including phenoxy) is 2. The van der Waals surface area contributed by atoms with Crippen molar-refractivity contribution in [2.75, 3.05) is 7.11 Å². The second kappa shape index (κ2) is 8.60. The molecule has 1 rings (SSSR count). The summed E-state index contributed by atoms with van der Waals surface area (Å²) in [5.74, 6) is 0.181. The van der Waals surface area contributed by atoms with Crippen LogP contribution in [0.15, 0.2) is 18.5 Å². The van der Waals surface area contributed by atoms with Crippen molar-refractivity contribution in [1.29, 1.82) is 0 Å². The fourth-order valence-electron chi connectivity index (χ4n) is 3.52. The van der Waals surface area contributed by atoms with Gasteiger partial charge >= 0.3 is 5.97 Å². The van der Waals surface area contributed by atoms with Gasteiger partial charge in [0.25, 0.3) is 8.41 Å². The molecule has 4 nitrogen and oxygen atoms in total. The van der Waals surface area contributed by atoms with E-state index in [-0.39, 0.29) is 29.5 Å². The first-order chi connectivity index (χ1) is 11.5. The fraction of sp³-hybridized carbons (Fsp3) is 0.700. The fourth-order valence-corrected chi connectivity index (χ4v) is 8.25. The van der Waals surface area contributed by atoms with Gasteiger partial charge in [-0.05, 0) is 30.8 Å². The van der Waals surface area contributed by atoms with Gasteiger partial charge in [-0.15, -0.1) is 0 Å². The smallest absolute Gasteiger partial charge is 0.373 e. The van der Waals surface area contributed by atoms with E-state index in [0.717, 1.165) is 0 Å². The van der Waals surface area contributed by atoms with Crippen LogP contribution in [0.3, 0.4) is 0 Å². The maximum atomic E-state index is 16.7. The Kier molecular flexibility index (Phi) is 8.29. The van der Waals surface area contributed by atoms with Crippen LogP contribution in [0.5, 0.6) is 5.75 Å². The van der Waals surface area contributed by atoms with Crippen molar-refractivity contribution >= 4 is 19.6 Å². The number of rotatable bonds is 4. The molecule has 0 N–H and O–H groups in total. The Labute approximate surface area is 175 Å². The second-order valence-electron chi connectivity index (χ2n) is 9.84. The quantitative estimate of drug-likeness (QED) is 0.290. The monoisotopic (exact) mass is 463 g/mol. The highest BCUT2D eigenvalue weighted by Gasteiger charge is 2.59. The van der Waals surface area contributed by atoms with Crippen LogP contribution in [0.25, 0.3) is 0 Å². The van der Waals surface area contributed by atoms with E-state index in [0.29, 0.717) is 10.9 Å². The highest BCUT2D eigenvalue weighted by Crippen LogP contribution is 2.52. The average Bonchev–Trinajstić information content (AvgIpc) is 2.41. The van der Waals surface area contributed by atoms with Crippen LogP contribution in [0.1, 0.15) is 62.3 Å². The minimum atomic E-state index is -3.52. The third-order valence-corrected chi connectivity index (χ3v) is 9.62. The van der Waals surface area contributed by atoms with Crippen LogP contribution < -0.4 is 31.5 Å². The van der Waals surface area contributed by atoms with E-state index in [1.807, 2.05) is 62.3 Å². The first-order valence-corrected chi connectivity index (χ1v) is 10.9. The molecule has 0 saturated carbocycles. The first kappa shape index (κ1) is 26.0. The molecule has 0 unspecified atom stereocenters. The van der Waals surface area contributed by atoms with Gasteiger partial charge in [-0.1, -0.05) is 41.5 Å². The molecule has 156 valence electrons. The van der Waals surface area contributed by atoms with E-state index in [1.165, 1.54) is 0 Å². The molecule has 0 aromatic carbocycles. The minimum absolute atomic E-state index is 0. The molecule has 0 aliphatic rings. The molecule has 0 amide bonds. The largest absolute Gasteiger partial charge is 1.00 e. The molecule has 1 aromatic heterocycles. The van der Waals surface area contributed by atoms with Gasteiger partial charge in [0.1, 0.15) is 11.4 Å². The van der Waals surface area contributed by atoms with Gasteiger partial charge in [-0.3, -0.25) is 0 Å². The van der Waals surface area contributed by atoms with Gasteiger partial charge in [0.15, 0.2) is 12.4 Å². The number of hydrogen-bond acceptors (Lipinski definition) is 3. The third kappa shape index (κ3) is 6.01. The van der Waals surface area contributed by atoms with Gasteiger partial charge in [0.2, 0.25) is 6.54 Å². The molecule has 0 fully saturated rings. The molecule has 0 aliphatic carbocycles. The van der Waals surface area contributed by atoms with E-state index >= 15 is 4.11 Å².